The first-order chi connectivity index (χ1) is 27.0. The zero-order chi connectivity index (χ0) is 39.5. The van der Waals surface area contributed by atoms with Crippen molar-refractivity contribution in [3.63, 3.8) is 0 Å². The van der Waals surface area contributed by atoms with Crippen LogP contribution in [0.5, 0.6) is 5.75 Å². The van der Waals surface area contributed by atoms with E-state index in [0.717, 1.165) is 62.8 Å². The third-order valence-corrected chi connectivity index (χ3v) is 11.6. The lowest BCUT2D eigenvalue weighted by atomic mass is 9.78. The molecule has 2 saturated heterocycles. The number of aldehydes is 2. The Morgan fingerprint density at radius 3 is 2.34 bits per heavy atom. The number of hydrogen-bond donors (Lipinski definition) is 2. The molecule has 1 atom stereocenters. The fourth-order valence-corrected chi connectivity index (χ4v) is 7.86. The zero-order valence-corrected chi connectivity index (χ0v) is 32.5. The molecule has 292 valence electrons. The molecule has 0 bridgehead atoms. The number of ether oxygens (including phenoxy) is 2. The Morgan fingerprint density at radius 1 is 1.02 bits per heavy atom. The van der Waals surface area contributed by atoms with E-state index in [9.17, 15) is 19.2 Å². The summed E-state index contributed by atoms with van der Waals surface area (Å²) in [7, 11) is 2.99. The highest BCUT2D eigenvalue weighted by molar-refractivity contribution is 6.04. The molecule has 4 aromatic rings. The van der Waals surface area contributed by atoms with Gasteiger partial charge in [-0.2, -0.15) is 0 Å². The molecule has 7 rings (SSSR count). The first-order valence-corrected chi connectivity index (χ1v) is 19.3. The van der Waals surface area contributed by atoms with E-state index < -0.39 is 11.9 Å². The van der Waals surface area contributed by atoms with Crippen molar-refractivity contribution in [2.75, 3.05) is 50.6 Å². The van der Waals surface area contributed by atoms with E-state index in [1.54, 1.807) is 18.2 Å². The van der Waals surface area contributed by atoms with Crippen LogP contribution in [0, 0.1) is 5.41 Å². The average molecular weight is 759 g/mol. The Labute approximate surface area is 328 Å². The largest absolute Gasteiger partial charge is 0.490 e. The number of benzene rings is 3. The number of aromatic nitrogens is 2. The van der Waals surface area contributed by atoms with Crippen LogP contribution in [0.3, 0.4) is 0 Å². The van der Waals surface area contributed by atoms with Crippen molar-refractivity contribution < 1.29 is 28.7 Å². The molecule has 3 aliphatic rings. The Bertz CT molecular complexity index is 2050. The summed E-state index contributed by atoms with van der Waals surface area (Å²) in [4.78, 5) is 61.7. The lowest BCUT2D eigenvalue weighted by molar-refractivity contribution is -0.127. The van der Waals surface area contributed by atoms with Gasteiger partial charge in [-0.3, -0.25) is 19.4 Å². The maximum atomic E-state index is 13.5. The average Bonchev–Trinajstić information content (AvgIpc) is 3.16. The summed E-state index contributed by atoms with van der Waals surface area (Å²) in [5.74, 6) is 0.908. The summed E-state index contributed by atoms with van der Waals surface area (Å²) in [5.41, 5.74) is 5.80. The van der Waals surface area contributed by atoms with E-state index in [4.69, 9.17) is 14.5 Å². The fraction of sp³-hybridized carbons (Fsp3) is 0.409. The number of nitrogens with one attached hydrogen (secondary N) is 2. The van der Waals surface area contributed by atoms with Gasteiger partial charge in [-0.1, -0.05) is 50.2 Å². The van der Waals surface area contributed by atoms with Crippen molar-refractivity contribution in [1.82, 2.24) is 20.2 Å². The molecule has 12 nitrogen and oxygen atoms in total. The van der Waals surface area contributed by atoms with Crippen LogP contribution in [0.2, 0.25) is 0 Å². The predicted molar refractivity (Wildman–Crippen MR) is 213 cm³/mol. The van der Waals surface area contributed by atoms with Crippen LogP contribution in [0.1, 0.15) is 82.6 Å². The Balaban J connectivity index is 0.906. The minimum Gasteiger partial charge on any atom is -0.490 e. The van der Waals surface area contributed by atoms with Crippen LogP contribution < -0.4 is 20.3 Å². The van der Waals surface area contributed by atoms with Crippen LogP contribution in [-0.4, -0.2) is 97.8 Å². The molecule has 1 saturated carbocycles. The second kappa shape index (κ2) is 16.2. The minimum absolute atomic E-state index is 0.0387. The van der Waals surface area contributed by atoms with E-state index >= 15 is 0 Å². The molecule has 3 fully saturated rings. The third kappa shape index (κ3) is 8.16. The first kappa shape index (κ1) is 38.6. The molecule has 2 aliphatic heterocycles. The zero-order valence-electron chi connectivity index (χ0n) is 32.5. The molecule has 3 heterocycles. The first-order valence-electron chi connectivity index (χ1n) is 19.3. The van der Waals surface area contributed by atoms with Gasteiger partial charge in [0.15, 0.2) is 6.29 Å². The van der Waals surface area contributed by atoms with Gasteiger partial charge in [0.05, 0.1) is 36.1 Å². The third-order valence-electron chi connectivity index (χ3n) is 11.6. The minimum atomic E-state index is -0.841. The van der Waals surface area contributed by atoms with Gasteiger partial charge in [0.2, 0.25) is 5.91 Å². The normalized spacial score (nSPS) is 18.8. The Morgan fingerprint density at radius 2 is 1.71 bits per heavy atom. The number of amides is 2. The summed E-state index contributed by atoms with van der Waals surface area (Å²) in [5, 5.41) is 6.00. The number of carbonyl (C=O) groups excluding carboxylic acids is 4. The van der Waals surface area contributed by atoms with Crippen LogP contribution in [-0.2, 0) is 26.2 Å². The van der Waals surface area contributed by atoms with Gasteiger partial charge in [-0.15, -0.1) is 0 Å². The summed E-state index contributed by atoms with van der Waals surface area (Å²) >= 11 is 0. The quantitative estimate of drug-likeness (QED) is 0.146. The number of rotatable bonds is 16. The number of anilines is 2. The Hall–Kier alpha value is -5.62. The highest BCUT2D eigenvalue weighted by Crippen LogP contribution is 2.39. The van der Waals surface area contributed by atoms with Gasteiger partial charge in [0.25, 0.3) is 5.91 Å². The molecule has 2 amide bonds. The molecule has 12 heteroatoms. The number of likely N-dealkylation sites (N-methyl/N-ethyl adjacent to an activating group) is 2. The summed E-state index contributed by atoms with van der Waals surface area (Å²) < 4.78 is 11.7. The summed E-state index contributed by atoms with van der Waals surface area (Å²) in [6.45, 7) is 8.14. The molecular weight excluding hydrogens is 709 g/mol. The van der Waals surface area contributed by atoms with Gasteiger partial charge in [-0.05, 0) is 53.4 Å². The van der Waals surface area contributed by atoms with E-state index in [1.807, 2.05) is 24.5 Å². The van der Waals surface area contributed by atoms with Crippen LogP contribution in [0.25, 0.3) is 0 Å². The topological polar surface area (TPSA) is 143 Å². The second-order valence-electron chi connectivity index (χ2n) is 16.0. The van der Waals surface area contributed by atoms with Crippen LogP contribution >= 0.6 is 0 Å². The molecule has 2 N–H and O–H groups in total. The SMILES string of the molecule is CNC(=O)C(CCC=O)N(C)C(=O)c1cc(NC2CC(Oc3ccc(C(C)(C)c4ccc(Cc5cncc(N6CC7(COC7)C6)n5)cc4)cc3)C2)ccc1C=O. The molecule has 1 spiro atoms. The number of carbonyl (C=O) groups is 4. The van der Waals surface area contributed by atoms with E-state index in [2.05, 4.69) is 70.8 Å². The lowest BCUT2D eigenvalue weighted by Crippen LogP contribution is -2.66. The number of nitrogens with zero attached hydrogens (tertiary/aromatic N) is 4. The standard InChI is InChI=1S/C44H50N6O6/c1-43(2,31-10-7-29(8-11-31)18-35-22-46-23-40(48-35)50-25-44(26-50)27-55-28-44)32-12-15-36(16-13-32)56-37-19-34(20-37)47-33-14-9-30(24-52)38(21-33)42(54)49(4)39(6-5-17-51)41(53)45-3/h7-17,21-24,34,37,39,47H,5-6,18-20,25-28H2,1-4H3,(H,45,53). The van der Waals surface area contributed by atoms with E-state index in [0.29, 0.717) is 23.7 Å². The van der Waals surface area contributed by atoms with Crippen molar-refractivity contribution >= 4 is 35.9 Å². The van der Waals surface area contributed by atoms with E-state index in [1.165, 1.54) is 35.7 Å². The molecular formula is C44H50N6O6. The van der Waals surface area contributed by atoms with Crippen molar-refractivity contribution in [2.45, 2.75) is 69.6 Å². The Kier molecular flexibility index (Phi) is 11.2. The molecule has 0 radical (unpaired) electrons. The lowest BCUT2D eigenvalue weighted by Gasteiger charge is -2.55. The van der Waals surface area contributed by atoms with Gasteiger partial charge in [-0.25, -0.2) is 4.98 Å². The molecule has 1 unspecified atom stereocenters. The fourth-order valence-electron chi connectivity index (χ4n) is 7.86. The van der Waals surface area contributed by atoms with Crippen molar-refractivity contribution in [3.8, 4) is 5.75 Å². The second-order valence-corrected chi connectivity index (χ2v) is 16.0. The van der Waals surface area contributed by atoms with Gasteiger partial charge < -0.3 is 34.7 Å². The predicted octanol–water partition coefficient (Wildman–Crippen LogP) is 5.23. The highest BCUT2D eigenvalue weighted by Gasteiger charge is 2.49. The molecule has 56 heavy (non-hydrogen) atoms. The van der Waals surface area contributed by atoms with Gasteiger partial charge in [0.1, 0.15) is 30.0 Å². The maximum Gasteiger partial charge on any atom is 0.255 e. The summed E-state index contributed by atoms with van der Waals surface area (Å²) in [6, 6.07) is 21.4. The number of hydrogen-bond acceptors (Lipinski definition) is 10. The van der Waals surface area contributed by atoms with Crippen molar-refractivity contribution in [1.29, 1.82) is 0 Å². The highest BCUT2D eigenvalue weighted by atomic mass is 16.5. The van der Waals surface area contributed by atoms with E-state index in [-0.39, 0.29) is 47.4 Å². The molecule has 3 aromatic carbocycles. The summed E-state index contributed by atoms with van der Waals surface area (Å²) in [6.07, 6.45) is 7.67. The van der Waals surface area contributed by atoms with Gasteiger partial charge in [0, 0.05) is 81.8 Å². The van der Waals surface area contributed by atoms with Gasteiger partial charge >= 0.3 is 0 Å². The maximum absolute atomic E-state index is 13.5. The smallest absolute Gasteiger partial charge is 0.255 e. The monoisotopic (exact) mass is 758 g/mol. The molecule has 1 aromatic heterocycles. The van der Waals surface area contributed by atoms with Crippen LogP contribution in [0.4, 0.5) is 11.5 Å². The van der Waals surface area contributed by atoms with Crippen LogP contribution in [0.15, 0.2) is 79.1 Å². The van der Waals surface area contributed by atoms with Crippen molar-refractivity contribution in [3.05, 3.63) is 113 Å². The van der Waals surface area contributed by atoms with Crippen molar-refractivity contribution in [2.24, 2.45) is 5.41 Å². The molecule has 1 aliphatic carbocycles.